The smallest absolute Gasteiger partial charge is 0.0240 e. The summed E-state index contributed by atoms with van der Waals surface area (Å²) >= 11 is 0. The zero-order valence-corrected chi connectivity index (χ0v) is 13.4. The van der Waals surface area contributed by atoms with Crippen LogP contribution in [0, 0.1) is 5.92 Å². The van der Waals surface area contributed by atoms with Crippen LogP contribution in [0.2, 0.25) is 0 Å². The van der Waals surface area contributed by atoms with Crippen LogP contribution in [0.15, 0.2) is 24.3 Å². The van der Waals surface area contributed by atoms with Gasteiger partial charge in [-0.25, -0.2) is 0 Å². The van der Waals surface area contributed by atoms with Gasteiger partial charge in [0.15, 0.2) is 0 Å². The van der Waals surface area contributed by atoms with Gasteiger partial charge >= 0.3 is 0 Å². The summed E-state index contributed by atoms with van der Waals surface area (Å²) in [6.07, 6.45) is 3.78. The lowest BCUT2D eigenvalue weighted by Gasteiger charge is -2.36. The van der Waals surface area contributed by atoms with Crippen LogP contribution in [0.1, 0.15) is 44.7 Å². The molecule has 0 amide bonds. The molecule has 20 heavy (non-hydrogen) atoms. The fourth-order valence-corrected chi connectivity index (χ4v) is 3.11. The molecule has 0 bridgehead atoms. The summed E-state index contributed by atoms with van der Waals surface area (Å²) in [6, 6.07) is 9.62. The Morgan fingerprint density at radius 3 is 2.60 bits per heavy atom. The first-order chi connectivity index (χ1) is 9.70. The van der Waals surface area contributed by atoms with Crippen molar-refractivity contribution < 1.29 is 0 Å². The molecule has 1 unspecified atom stereocenters. The second-order valence-electron chi connectivity index (χ2n) is 6.48. The largest absolute Gasteiger partial charge is 0.315 e. The first-order valence-electron chi connectivity index (χ1n) is 8.22. The van der Waals surface area contributed by atoms with E-state index in [2.05, 4.69) is 55.3 Å². The Labute approximate surface area is 124 Å². The third kappa shape index (κ3) is 4.32. The minimum Gasteiger partial charge on any atom is -0.315 e. The van der Waals surface area contributed by atoms with Gasteiger partial charge in [-0.15, -0.1) is 0 Å². The standard InChI is InChI=1S/C18H30N2/c1-4-7-18(13-19-12-15(2)3)20-11-10-16-8-5-6-9-17(16)14-20/h5-6,8-9,15,18-19H,4,7,10-14H2,1-3H3. The average molecular weight is 274 g/mol. The monoisotopic (exact) mass is 274 g/mol. The molecular formula is C18H30N2. The highest BCUT2D eigenvalue weighted by Crippen LogP contribution is 2.21. The first kappa shape index (κ1) is 15.5. The van der Waals surface area contributed by atoms with Crippen molar-refractivity contribution in [2.75, 3.05) is 19.6 Å². The van der Waals surface area contributed by atoms with Gasteiger partial charge in [0.05, 0.1) is 0 Å². The molecule has 2 rings (SSSR count). The topological polar surface area (TPSA) is 15.3 Å². The van der Waals surface area contributed by atoms with Crippen LogP contribution >= 0.6 is 0 Å². The van der Waals surface area contributed by atoms with Crippen LogP contribution in [0.5, 0.6) is 0 Å². The number of nitrogens with zero attached hydrogens (tertiary/aromatic N) is 1. The van der Waals surface area contributed by atoms with Crippen molar-refractivity contribution in [2.24, 2.45) is 5.92 Å². The van der Waals surface area contributed by atoms with Gasteiger partial charge in [-0.05, 0) is 36.4 Å². The first-order valence-corrected chi connectivity index (χ1v) is 8.22. The Bertz CT molecular complexity index is 400. The Morgan fingerprint density at radius 1 is 1.15 bits per heavy atom. The summed E-state index contributed by atoms with van der Waals surface area (Å²) in [5, 5.41) is 3.65. The second-order valence-corrected chi connectivity index (χ2v) is 6.48. The predicted molar refractivity (Wildman–Crippen MR) is 87.0 cm³/mol. The van der Waals surface area contributed by atoms with Crippen molar-refractivity contribution in [3.63, 3.8) is 0 Å². The van der Waals surface area contributed by atoms with E-state index in [-0.39, 0.29) is 0 Å². The third-order valence-corrected chi connectivity index (χ3v) is 4.23. The molecule has 0 saturated heterocycles. The number of hydrogen-bond acceptors (Lipinski definition) is 2. The Balaban J connectivity index is 1.93. The van der Waals surface area contributed by atoms with E-state index < -0.39 is 0 Å². The molecule has 0 saturated carbocycles. The van der Waals surface area contributed by atoms with Gasteiger partial charge in [0.2, 0.25) is 0 Å². The van der Waals surface area contributed by atoms with Gasteiger partial charge in [0.1, 0.15) is 0 Å². The molecule has 1 aromatic carbocycles. The Hall–Kier alpha value is -0.860. The quantitative estimate of drug-likeness (QED) is 0.819. The van der Waals surface area contributed by atoms with Crippen molar-refractivity contribution in [2.45, 2.75) is 52.6 Å². The van der Waals surface area contributed by atoms with Crippen molar-refractivity contribution in [1.29, 1.82) is 0 Å². The summed E-state index contributed by atoms with van der Waals surface area (Å²) in [5.41, 5.74) is 3.08. The number of nitrogens with one attached hydrogen (secondary N) is 1. The second kappa shape index (κ2) is 7.80. The summed E-state index contributed by atoms with van der Waals surface area (Å²) in [5.74, 6) is 0.736. The maximum Gasteiger partial charge on any atom is 0.0240 e. The number of rotatable bonds is 7. The van der Waals surface area contributed by atoms with Crippen molar-refractivity contribution in [3.8, 4) is 0 Å². The van der Waals surface area contributed by atoms with Gasteiger partial charge in [0, 0.05) is 25.7 Å². The molecule has 0 fully saturated rings. The molecule has 0 aliphatic carbocycles. The van der Waals surface area contributed by atoms with E-state index in [0.29, 0.717) is 6.04 Å². The lowest BCUT2D eigenvalue weighted by atomic mass is 9.97. The minimum absolute atomic E-state index is 0.687. The molecule has 1 aliphatic heterocycles. The van der Waals surface area contributed by atoms with Gasteiger partial charge < -0.3 is 5.32 Å². The van der Waals surface area contributed by atoms with E-state index in [1.165, 1.54) is 31.4 Å². The zero-order chi connectivity index (χ0) is 14.4. The van der Waals surface area contributed by atoms with Crippen LogP contribution in [0.4, 0.5) is 0 Å². The van der Waals surface area contributed by atoms with Gasteiger partial charge in [0.25, 0.3) is 0 Å². The molecule has 2 nitrogen and oxygen atoms in total. The summed E-state index contributed by atoms with van der Waals surface area (Å²) in [4.78, 5) is 2.68. The molecule has 112 valence electrons. The van der Waals surface area contributed by atoms with E-state index in [1.807, 2.05) is 0 Å². The van der Waals surface area contributed by atoms with Crippen LogP contribution in [0.25, 0.3) is 0 Å². The van der Waals surface area contributed by atoms with Crippen LogP contribution in [0.3, 0.4) is 0 Å². The van der Waals surface area contributed by atoms with Crippen molar-refractivity contribution in [3.05, 3.63) is 35.4 Å². The molecule has 0 aromatic heterocycles. The highest BCUT2D eigenvalue weighted by atomic mass is 15.2. The third-order valence-electron chi connectivity index (χ3n) is 4.23. The SMILES string of the molecule is CCCC(CNCC(C)C)N1CCc2ccccc2C1. The van der Waals surface area contributed by atoms with Crippen LogP contribution in [-0.4, -0.2) is 30.6 Å². The fraction of sp³-hybridized carbons (Fsp3) is 0.667. The number of hydrogen-bond donors (Lipinski definition) is 1. The number of fused-ring (bicyclic) bond motifs is 1. The fourth-order valence-electron chi connectivity index (χ4n) is 3.11. The average Bonchev–Trinajstić information content (AvgIpc) is 2.45. The molecule has 1 N–H and O–H groups in total. The molecule has 1 heterocycles. The van der Waals surface area contributed by atoms with E-state index in [0.717, 1.165) is 25.6 Å². The number of benzene rings is 1. The molecule has 1 aromatic rings. The van der Waals surface area contributed by atoms with E-state index >= 15 is 0 Å². The molecule has 2 heteroatoms. The summed E-state index contributed by atoms with van der Waals surface area (Å²) < 4.78 is 0. The molecule has 1 aliphatic rings. The van der Waals surface area contributed by atoms with Crippen LogP contribution < -0.4 is 5.32 Å². The van der Waals surface area contributed by atoms with E-state index in [1.54, 1.807) is 5.56 Å². The molecule has 0 spiro atoms. The zero-order valence-electron chi connectivity index (χ0n) is 13.4. The van der Waals surface area contributed by atoms with Gasteiger partial charge in [-0.2, -0.15) is 0 Å². The summed E-state index contributed by atoms with van der Waals surface area (Å²) in [6.45, 7) is 11.5. The van der Waals surface area contributed by atoms with Crippen LogP contribution in [-0.2, 0) is 13.0 Å². The predicted octanol–water partition coefficient (Wildman–Crippen LogP) is 3.46. The van der Waals surface area contributed by atoms with Gasteiger partial charge in [-0.3, -0.25) is 4.90 Å². The molecule has 1 atom stereocenters. The van der Waals surface area contributed by atoms with Gasteiger partial charge in [-0.1, -0.05) is 51.5 Å². The van der Waals surface area contributed by atoms with E-state index in [4.69, 9.17) is 0 Å². The maximum absolute atomic E-state index is 3.65. The Morgan fingerprint density at radius 2 is 1.90 bits per heavy atom. The van der Waals surface area contributed by atoms with E-state index in [9.17, 15) is 0 Å². The van der Waals surface area contributed by atoms with Crippen molar-refractivity contribution >= 4 is 0 Å². The lowest BCUT2D eigenvalue weighted by Crippen LogP contribution is -2.45. The highest BCUT2D eigenvalue weighted by Gasteiger charge is 2.22. The summed E-state index contributed by atoms with van der Waals surface area (Å²) in [7, 11) is 0. The normalized spacial score (nSPS) is 17.2. The van der Waals surface area contributed by atoms with Crippen molar-refractivity contribution in [1.82, 2.24) is 10.2 Å². The molecule has 0 radical (unpaired) electrons. The Kier molecular flexibility index (Phi) is 6.06. The minimum atomic E-state index is 0.687. The lowest BCUT2D eigenvalue weighted by molar-refractivity contribution is 0.164. The highest BCUT2D eigenvalue weighted by molar-refractivity contribution is 5.29. The molecular weight excluding hydrogens is 244 g/mol. The maximum atomic E-state index is 3.65.